The first-order chi connectivity index (χ1) is 9.59. The predicted octanol–water partition coefficient (Wildman–Crippen LogP) is 1.93. The van der Waals surface area contributed by atoms with E-state index in [2.05, 4.69) is 5.32 Å². The molecule has 1 fully saturated rings. The third-order valence-corrected chi connectivity index (χ3v) is 3.98. The van der Waals surface area contributed by atoms with E-state index in [0.29, 0.717) is 13.1 Å². The first-order valence-electron chi connectivity index (χ1n) is 7.34. The number of rotatable bonds is 5. The van der Waals surface area contributed by atoms with Crippen LogP contribution in [0.25, 0.3) is 0 Å². The van der Waals surface area contributed by atoms with Crippen LogP contribution in [-0.4, -0.2) is 36.8 Å². The third-order valence-electron chi connectivity index (χ3n) is 3.98. The van der Waals surface area contributed by atoms with Crippen molar-refractivity contribution < 1.29 is 9.90 Å². The molecular formula is C16H24N2O2. The highest BCUT2D eigenvalue weighted by Gasteiger charge is 2.29. The molecule has 0 heterocycles. The minimum Gasteiger partial charge on any atom is -0.388 e. The lowest BCUT2D eigenvalue weighted by Gasteiger charge is -2.32. The number of carbonyl (C=O) groups excluding carboxylic acids is 1. The van der Waals surface area contributed by atoms with Gasteiger partial charge in [0.1, 0.15) is 0 Å². The molecule has 2 rings (SSSR count). The van der Waals surface area contributed by atoms with Crippen molar-refractivity contribution in [2.45, 2.75) is 37.7 Å². The van der Waals surface area contributed by atoms with Gasteiger partial charge in [-0.25, -0.2) is 0 Å². The second-order valence-electron chi connectivity index (χ2n) is 5.75. The molecule has 1 saturated carbocycles. The molecule has 0 saturated heterocycles. The van der Waals surface area contributed by atoms with Crippen molar-refractivity contribution in [3.05, 3.63) is 30.3 Å². The van der Waals surface area contributed by atoms with Gasteiger partial charge in [0.15, 0.2) is 0 Å². The Morgan fingerprint density at radius 2 is 1.90 bits per heavy atom. The van der Waals surface area contributed by atoms with Crippen molar-refractivity contribution >= 4 is 11.6 Å². The first kappa shape index (κ1) is 14.9. The Bertz CT molecular complexity index is 427. The Morgan fingerprint density at radius 3 is 2.55 bits per heavy atom. The highest BCUT2D eigenvalue weighted by atomic mass is 16.3. The van der Waals surface area contributed by atoms with Gasteiger partial charge in [-0.3, -0.25) is 4.79 Å². The molecule has 1 aromatic carbocycles. The number of para-hydroxylation sites is 1. The van der Waals surface area contributed by atoms with Crippen LogP contribution in [0.2, 0.25) is 0 Å². The lowest BCUT2D eigenvalue weighted by Crippen LogP contribution is -2.46. The molecule has 2 N–H and O–H groups in total. The first-order valence-corrected chi connectivity index (χ1v) is 7.34. The number of nitrogens with zero attached hydrogens (tertiary/aromatic N) is 1. The van der Waals surface area contributed by atoms with Crippen molar-refractivity contribution in [3.63, 3.8) is 0 Å². The molecular weight excluding hydrogens is 252 g/mol. The number of hydrogen-bond donors (Lipinski definition) is 2. The van der Waals surface area contributed by atoms with Crippen LogP contribution in [0.4, 0.5) is 5.69 Å². The zero-order valence-corrected chi connectivity index (χ0v) is 12.1. The number of amides is 1. The monoisotopic (exact) mass is 276 g/mol. The molecule has 0 unspecified atom stereocenters. The van der Waals surface area contributed by atoms with Crippen LogP contribution in [0.3, 0.4) is 0 Å². The average molecular weight is 276 g/mol. The van der Waals surface area contributed by atoms with E-state index in [-0.39, 0.29) is 5.91 Å². The fourth-order valence-electron chi connectivity index (χ4n) is 2.69. The largest absolute Gasteiger partial charge is 0.388 e. The van der Waals surface area contributed by atoms with Crippen LogP contribution >= 0.6 is 0 Å². The smallest absolute Gasteiger partial charge is 0.239 e. The molecule has 1 aliphatic carbocycles. The molecule has 0 bridgehead atoms. The van der Waals surface area contributed by atoms with Gasteiger partial charge in [0.2, 0.25) is 5.91 Å². The molecule has 0 spiro atoms. The molecule has 0 aliphatic heterocycles. The standard InChI is InChI=1S/C16H24N2O2/c1-18(14-8-4-2-5-9-14)12-15(19)17-13-16(20)10-6-3-7-11-16/h2,4-5,8-9,20H,3,6-7,10-13H2,1H3,(H,17,19). The van der Waals surface area contributed by atoms with Gasteiger partial charge in [0.05, 0.1) is 12.1 Å². The molecule has 0 radical (unpaired) electrons. The molecule has 0 aromatic heterocycles. The van der Waals surface area contributed by atoms with Gasteiger partial charge >= 0.3 is 0 Å². The van der Waals surface area contributed by atoms with E-state index in [1.165, 1.54) is 6.42 Å². The summed E-state index contributed by atoms with van der Waals surface area (Å²) in [5.74, 6) is -0.0460. The maximum atomic E-state index is 11.9. The summed E-state index contributed by atoms with van der Waals surface area (Å²) >= 11 is 0. The lowest BCUT2D eigenvalue weighted by molar-refractivity contribution is -0.121. The highest BCUT2D eigenvalue weighted by molar-refractivity contribution is 5.81. The topological polar surface area (TPSA) is 52.6 Å². The van der Waals surface area contributed by atoms with Gasteiger partial charge in [0, 0.05) is 19.3 Å². The fourth-order valence-corrected chi connectivity index (χ4v) is 2.69. The summed E-state index contributed by atoms with van der Waals surface area (Å²) in [6.07, 6.45) is 4.88. The van der Waals surface area contributed by atoms with Crippen LogP contribution in [0.15, 0.2) is 30.3 Å². The summed E-state index contributed by atoms with van der Waals surface area (Å²) in [5, 5.41) is 13.2. The number of likely N-dealkylation sites (N-methyl/N-ethyl adjacent to an activating group) is 1. The molecule has 1 aromatic rings. The summed E-state index contributed by atoms with van der Waals surface area (Å²) in [6, 6.07) is 9.81. The third kappa shape index (κ3) is 4.23. The van der Waals surface area contributed by atoms with Crippen LogP contribution in [0, 0.1) is 0 Å². The number of aliphatic hydroxyl groups is 1. The van der Waals surface area contributed by atoms with E-state index in [1.54, 1.807) is 0 Å². The molecule has 4 heteroatoms. The lowest BCUT2D eigenvalue weighted by atomic mass is 9.85. The SMILES string of the molecule is CN(CC(=O)NCC1(O)CCCCC1)c1ccccc1. The van der Waals surface area contributed by atoms with E-state index in [4.69, 9.17) is 0 Å². The van der Waals surface area contributed by atoms with Crippen LogP contribution in [0.5, 0.6) is 0 Å². The van der Waals surface area contributed by atoms with Gasteiger partial charge in [0.25, 0.3) is 0 Å². The average Bonchev–Trinajstić information content (AvgIpc) is 2.47. The quantitative estimate of drug-likeness (QED) is 0.864. The van der Waals surface area contributed by atoms with E-state index >= 15 is 0 Å². The Morgan fingerprint density at radius 1 is 1.25 bits per heavy atom. The van der Waals surface area contributed by atoms with Crippen molar-refractivity contribution in [3.8, 4) is 0 Å². The van der Waals surface area contributed by atoms with Gasteiger partial charge < -0.3 is 15.3 Å². The van der Waals surface area contributed by atoms with Crippen molar-refractivity contribution in [2.24, 2.45) is 0 Å². The van der Waals surface area contributed by atoms with E-state index in [0.717, 1.165) is 31.4 Å². The Balaban J connectivity index is 1.78. The van der Waals surface area contributed by atoms with E-state index in [1.807, 2.05) is 42.3 Å². The molecule has 1 aliphatic rings. The van der Waals surface area contributed by atoms with E-state index in [9.17, 15) is 9.90 Å². The van der Waals surface area contributed by atoms with Crippen molar-refractivity contribution in [1.82, 2.24) is 5.32 Å². The molecule has 4 nitrogen and oxygen atoms in total. The normalized spacial score (nSPS) is 17.5. The van der Waals surface area contributed by atoms with E-state index < -0.39 is 5.60 Å². The summed E-state index contributed by atoms with van der Waals surface area (Å²) in [6.45, 7) is 0.675. The number of hydrogen-bond acceptors (Lipinski definition) is 3. The number of benzene rings is 1. The fraction of sp³-hybridized carbons (Fsp3) is 0.562. The van der Waals surface area contributed by atoms with Gasteiger partial charge in [-0.1, -0.05) is 37.5 Å². The van der Waals surface area contributed by atoms with Crippen LogP contribution in [0.1, 0.15) is 32.1 Å². The Hall–Kier alpha value is -1.55. The minimum absolute atomic E-state index is 0.0460. The maximum Gasteiger partial charge on any atom is 0.239 e. The number of carbonyl (C=O) groups is 1. The summed E-state index contributed by atoms with van der Waals surface area (Å²) in [7, 11) is 1.89. The van der Waals surface area contributed by atoms with Crippen LogP contribution < -0.4 is 10.2 Å². The number of anilines is 1. The minimum atomic E-state index is -0.695. The second kappa shape index (κ2) is 6.75. The zero-order valence-electron chi connectivity index (χ0n) is 12.1. The van der Waals surface area contributed by atoms with Gasteiger partial charge in [-0.05, 0) is 25.0 Å². The summed E-state index contributed by atoms with van der Waals surface area (Å²) in [4.78, 5) is 13.9. The van der Waals surface area contributed by atoms with Crippen molar-refractivity contribution in [2.75, 3.05) is 25.0 Å². The zero-order chi connectivity index (χ0) is 14.4. The van der Waals surface area contributed by atoms with Crippen molar-refractivity contribution in [1.29, 1.82) is 0 Å². The molecule has 0 atom stereocenters. The molecule has 1 amide bonds. The highest BCUT2D eigenvalue weighted by Crippen LogP contribution is 2.27. The number of nitrogens with one attached hydrogen (secondary N) is 1. The van der Waals surface area contributed by atoms with Gasteiger partial charge in [-0.15, -0.1) is 0 Å². The second-order valence-corrected chi connectivity index (χ2v) is 5.75. The van der Waals surface area contributed by atoms with Gasteiger partial charge in [-0.2, -0.15) is 0 Å². The Labute approximate surface area is 120 Å². The molecule has 110 valence electrons. The Kier molecular flexibility index (Phi) is 5.01. The van der Waals surface area contributed by atoms with Crippen LogP contribution in [-0.2, 0) is 4.79 Å². The molecule has 20 heavy (non-hydrogen) atoms. The maximum absolute atomic E-state index is 11.9. The summed E-state index contributed by atoms with van der Waals surface area (Å²) in [5.41, 5.74) is 0.318. The summed E-state index contributed by atoms with van der Waals surface area (Å²) < 4.78 is 0. The predicted molar refractivity (Wildman–Crippen MR) is 80.8 cm³/mol.